The molecular weight excluding hydrogens is 272 g/mol. The fraction of sp³-hybridized carbons (Fsp3) is 0.385. The van der Waals surface area contributed by atoms with E-state index in [1.54, 1.807) is 24.0 Å². The summed E-state index contributed by atoms with van der Waals surface area (Å²) >= 11 is 0. The van der Waals surface area contributed by atoms with Gasteiger partial charge in [-0.05, 0) is 25.8 Å². The van der Waals surface area contributed by atoms with E-state index in [9.17, 15) is 0 Å². The Balaban J connectivity index is 2.37. The van der Waals surface area contributed by atoms with Crippen LogP contribution in [-0.2, 0) is 6.54 Å². The number of aryl methyl sites for hydroxylation is 2. The number of ether oxygens (including phenoxy) is 1. The highest BCUT2D eigenvalue weighted by molar-refractivity contribution is 6.00. The van der Waals surface area contributed by atoms with Crippen molar-refractivity contribution in [1.29, 1.82) is 0 Å². The second-order valence-electron chi connectivity index (χ2n) is 4.62. The molecule has 2 rings (SSSR count). The van der Waals surface area contributed by atoms with Gasteiger partial charge in [0.1, 0.15) is 0 Å². The monoisotopic (exact) mass is 290 g/mol. The summed E-state index contributed by atoms with van der Waals surface area (Å²) in [7, 11) is 0. The maximum absolute atomic E-state index is 8.91. The van der Waals surface area contributed by atoms with Crippen molar-refractivity contribution in [2.45, 2.75) is 33.7 Å². The molecule has 21 heavy (non-hydrogen) atoms. The molecule has 0 unspecified atom stereocenters. The number of nitrogens with zero attached hydrogens (tertiary/aromatic N) is 5. The zero-order valence-corrected chi connectivity index (χ0v) is 12.2. The average Bonchev–Trinajstić information content (AvgIpc) is 2.90. The number of nitrogens with two attached hydrogens (primary N) is 1. The molecule has 0 saturated heterocycles. The summed E-state index contributed by atoms with van der Waals surface area (Å²) in [6.45, 7) is 6.47. The van der Waals surface area contributed by atoms with Gasteiger partial charge in [-0.3, -0.25) is 4.68 Å². The Hall–Kier alpha value is -2.64. The third-order valence-electron chi connectivity index (χ3n) is 3.06. The molecule has 0 aromatic carbocycles. The molecule has 2 heterocycles. The molecule has 0 amide bonds. The van der Waals surface area contributed by atoms with E-state index in [4.69, 9.17) is 15.7 Å². The van der Waals surface area contributed by atoms with Gasteiger partial charge in [0.15, 0.2) is 11.6 Å². The average molecular weight is 290 g/mol. The highest BCUT2D eigenvalue weighted by Crippen LogP contribution is 2.25. The van der Waals surface area contributed by atoms with E-state index in [1.807, 2.05) is 6.92 Å². The van der Waals surface area contributed by atoms with Gasteiger partial charge in [-0.2, -0.15) is 10.2 Å². The highest BCUT2D eigenvalue weighted by Gasteiger charge is 2.17. The summed E-state index contributed by atoms with van der Waals surface area (Å²) in [6.07, 6.45) is 4.32. The number of aromatic nitrogens is 4. The van der Waals surface area contributed by atoms with Gasteiger partial charge in [-0.25, -0.2) is 0 Å². The van der Waals surface area contributed by atoms with Crippen LogP contribution in [0.2, 0.25) is 0 Å². The van der Waals surface area contributed by atoms with E-state index < -0.39 is 0 Å². The largest absolute Gasteiger partial charge is 0.434 e. The van der Waals surface area contributed by atoms with Crippen molar-refractivity contribution in [3.63, 3.8) is 0 Å². The van der Waals surface area contributed by atoms with Gasteiger partial charge in [0.05, 0.1) is 23.7 Å². The Morgan fingerprint density at radius 1 is 1.43 bits per heavy atom. The summed E-state index contributed by atoms with van der Waals surface area (Å²) in [5, 5.41) is 24.1. The van der Waals surface area contributed by atoms with Gasteiger partial charge in [-0.1, -0.05) is 12.1 Å². The van der Waals surface area contributed by atoms with Gasteiger partial charge < -0.3 is 15.7 Å². The van der Waals surface area contributed by atoms with Crippen LogP contribution >= 0.6 is 0 Å². The molecule has 0 fully saturated rings. The van der Waals surface area contributed by atoms with E-state index in [-0.39, 0.29) is 11.7 Å². The minimum absolute atomic E-state index is 0.0681. The number of hydrogen-bond donors (Lipinski definition) is 2. The van der Waals surface area contributed by atoms with Crippen LogP contribution in [0.1, 0.15) is 30.2 Å². The first-order valence-corrected chi connectivity index (χ1v) is 6.58. The Morgan fingerprint density at radius 2 is 2.19 bits per heavy atom. The molecule has 0 bridgehead atoms. The Kier molecular flexibility index (Phi) is 4.36. The molecule has 8 nitrogen and oxygen atoms in total. The molecule has 2 aromatic heterocycles. The maximum Gasteiger partial charge on any atom is 0.250 e. The summed E-state index contributed by atoms with van der Waals surface area (Å²) < 4.78 is 7.44. The van der Waals surface area contributed by atoms with Crippen LogP contribution in [0.5, 0.6) is 11.6 Å². The lowest BCUT2D eigenvalue weighted by Gasteiger charge is -2.10. The molecule has 0 saturated carbocycles. The van der Waals surface area contributed by atoms with Crippen LogP contribution in [0.3, 0.4) is 0 Å². The number of rotatable bonds is 5. The fourth-order valence-corrected chi connectivity index (χ4v) is 1.87. The van der Waals surface area contributed by atoms with E-state index in [0.717, 1.165) is 18.5 Å². The van der Waals surface area contributed by atoms with Gasteiger partial charge in [-0.15, -0.1) is 5.10 Å². The van der Waals surface area contributed by atoms with Crippen molar-refractivity contribution in [3.05, 3.63) is 29.2 Å². The smallest absolute Gasteiger partial charge is 0.250 e. The zero-order chi connectivity index (χ0) is 15.4. The first kappa shape index (κ1) is 14.8. The predicted molar refractivity (Wildman–Crippen MR) is 76.6 cm³/mol. The summed E-state index contributed by atoms with van der Waals surface area (Å²) in [4.78, 5) is 0. The predicted octanol–water partition coefficient (Wildman–Crippen LogP) is 1.59. The molecule has 3 N–H and O–H groups in total. The molecule has 2 aromatic rings. The SMILES string of the molecule is CCCn1cc(Oc2nnc(C)c(C)c2/C(N)=N/O)cn1. The summed E-state index contributed by atoms with van der Waals surface area (Å²) in [6, 6.07) is 0. The molecular formula is C13H18N6O2. The van der Waals surface area contributed by atoms with Crippen molar-refractivity contribution < 1.29 is 9.94 Å². The third-order valence-corrected chi connectivity index (χ3v) is 3.06. The lowest BCUT2D eigenvalue weighted by Crippen LogP contribution is -2.18. The van der Waals surface area contributed by atoms with E-state index in [2.05, 4.69) is 27.4 Å². The molecule has 0 aliphatic carbocycles. The molecule has 0 aliphatic heterocycles. The molecule has 8 heteroatoms. The minimum atomic E-state index is -0.0681. The van der Waals surface area contributed by atoms with Gasteiger partial charge in [0, 0.05) is 6.54 Å². The van der Waals surface area contributed by atoms with Crippen molar-refractivity contribution in [2.75, 3.05) is 0 Å². The normalized spacial score (nSPS) is 11.7. The standard InChI is InChI=1S/C13H18N6O2/c1-4-5-19-7-10(6-15-19)21-13-11(12(14)18-20)8(2)9(3)16-17-13/h6-7,20H,4-5H2,1-3H3,(H2,14,18). The molecule has 0 aliphatic rings. The Morgan fingerprint density at radius 3 is 2.86 bits per heavy atom. The van der Waals surface area contributed by atoms with Crippen LogP contribution < -0.4 is 10.5 Å². The van der Waals surface area contributed by atoms with Crippen LogP contribution in [-0.4, -0.2) is 31.0 Å². The quantitative estimate of drug-likeness (QED) is 0.374. The van der Waals surface area contributed by atoms with Crippen LogP contribution in [0, 0.1) is 13.8 Å². The lowest BCUT2D eigenvalue weighted by molar-refractivity contribution is 0.318. The fourth-order valence-electron chi connectivity index (χ4n) is 1.87. The van der Waals surface area contributed by atoms with Gasteiger partial charge in [0.25, 0.3) is 0 Å². The maximum atomic E-state index is 8.91. The first-order valence-electron chi connectivity index (χ1n) is 6.58. The van der Waals surface area contributed by atoms with Crippen molar-refractivity contribution in [3.8, 4) is 11.6 Å². The second-order valence-corrected chi connectivity index (χ2v) is 4.62. The Labute approximate surface area is 122 Å². The highest BCUT2D eigenvalue weighted by atomic mass is 16.5. The summed E-state index contributed by atoms with van der Waals surface area (Å²) in [5.41, 5.74) is 7.56. The number of oxime groups is 1. The van der Waals surface area contributed by atoms with E-state index >= 15 is 0 Å². The van der Waals surface area contributed by atoms with Crippen LogP contribution in [0.4, 0.5) is 0 Å². The van der Waals surface area contributed by atoms with Crippen molar-refractivity contribution >= 4 is 5.84 Å². The molecule has 0 atom stereocenters. The number of hydrogen-bond acceptors (Lipinski definition) is 6. The van der Waals surface area contributed by atoms with Gasteiger partial charge >= 0.3 is 0 Å². The third kappa shape index (κ3) is 3.10. The topological polar surface area (TPSA) is 111 Å². The lowest BCUT2D eigenvalue weighted by atomic mass is 10.1. The molecule has 0 radical (unpaired) electrons. The van der Waals surface area contributed by atoms with Crippen LogP contribution in [0.25, 0.3) is 0 Å². The van der Waals surface area contributed by atoms with Gasteiger partial charge in [0.2, 0.25) is 5.88 Å². The molecule has 112 valence electrons. The second kappa shape index (κ2) is 6.21. The van der Waals surface area contributed by atoms with E-state index in [1.165, 1.54) is 0 Å². The summed E-state index contributed by atoms with van der Waals surface area (Å²) in [5.74, 6) is 0.638. The van der Waals surface area contributed by atoms with Crippen molar-refractivity contribution in [1.82, 2.24) is 20.0 Å². The van der Waals surface area contributed by atoms with Crippen molar-refractivity contribution in [2.24, 2.45) is 10.9 Å². The van der Waals surface area contributed by atoms with Crippen LogP contribution in [0.15, 0.2) is 17.5 Å². The first-order chi connectivity index (χ1) is 10.1. The number of amidine groups is 1. The Bertz CT molecular complexity index is 665. The molecule has 0 spiro atoms. The zero-order valence-electron chi connectivity index (χ0n) is 12.2. The minimum Gasteiger partial charge on any atom is -0.434 e. The van der Waals surface area contributed by atoms with E-state index in [0.29, 0.717) is 17.0 Å².